The number of sulfone groups is 1. The van der Waals surface area contributed by atoms with Gasteiger partial charge in [-0.25, -0.2) is 8.42 Å². The second kappa shape index (κ2) is 5.85. The Kier molecular flexibility index (Phi) is 5.06. The summed E-state index contributed by atoms with van der Waals surface area (Å²) in [7, 11) is -0.793. The minimum atomic E-state index is -2.77. The van der Waals surface area contributed by atoms with Crippen LogP contribution in [-0.2, 0) is 9.84 Å². The highest BCUT2D eigenvalue weighted by Gasteiger charge is 2.29. The Morgan fingerprint density at radius 2 is 2.00 bits per heavy atom. The van der Waals surface area contributed by atoms with E-state index in [2.05, 4.69) is 5.32 Å². The van der Waals surface area contributed by atoms with Gasteiger partial charge in [-0.05, 0) is 45.1 Å². The van der Waals surface area contributed by atoms with Crippen molar-refractivity contribution in [1.29, 1.82) is 0 Å². The third-order valence-corrected chi connectivity index (χ3v) is 4.99. The minimum Gasteiger partial charge on any atom is -0.317 e. The van der Waals surface area contributed by atoms with Crippen LogP contribution in [0.3, 0.4) is 0 Å². The molecule has 0 aliphatic heterocycles. The van der Waals surface area contributed by atoms with Crippen molar-refractivity contribution in [3.8, 4) is 0 Å². The summed E-state index contributed by atoms with van der Waals surface area (Å²) < 4.78 is 22.9. The van der Waals surface area contributed by atoms with Gasteiger partial charge in [-0.3, -0.25) is 0 Å². The van der Waals surface area contributed by atoms with Crippen molar-refractivity contribution >= 4 is 9.84 Å². The lowest BCUT2D eigenvalue weighted by Gasteiger charge is -2.14. The number of nitrogens with one attached hydrogen (secondary N) is 1. The topological polar surface area (TPSA) is 46.2 Å². The highest BCUT2D eigenvalue weighted by Crippen LogP contribution is 2.34. The van der Waals surface area contributed by atoms with Gasteiger partial charge in [0.15, 0.2) is 0 Å². The lowest BCUT2D eigenvalue weighted by Crippen LogP contribution is -2.28. The van der Waals surface area contributed by atoms with Gasteiger partial charge in [-0.1, -0.05) is 6.92 Å². The maximum absolute atomic E-state index is 11.5. The van der Waals surface area contributed by atoms with Gasteiger partial charge in [0.05, 0.1) is 5.75 Å². The molecular weight excluding hydrogens is 210 g/mol. The van der Waals surface area contributed by atoms with Gasteiger partial charge in [0.1, 0.15) is 9.84 Å². The molecule has 0 radical (unpaired) electrons. The highest BCUT2D eigenvalue weighted by atomic mass is 32.2. The van der Waals surface area contributed by atoms with Crippen molar-refractivity contribution in [3.05, 3.63) is 0 Å². The molecule has 1 N–H and O–H groups in total. The van der Waals surface area contributed by atoms with Crippen LogP contribution in [0.25, 0.3) is 0 Å². The van der Waals surface area contributed by atoms with Crippen molar-refractivity contribution in [2.75, 3.05) is 18.6 Å². The molecule has 1 aliphatic carbocycles. The van der Waals surface area contributed by atoms with E-state index in [0.29, 0.717) is 17.5 Å². The van der Waals surface area contributed by atoms with Gasteiger partial charge >= 0.3 is 0 Å². The first kappa shape index (κ1) is 13.0. The summed E-state index contributed by atoms with van der Waals surface area (Å²) in [6.07, 6.45) is 5.18. The molecule has 0 saturated heterocycles. The molecule has 1 aliphatic rings. The van der Waals surface area contributed by atoms with E-state index in [9.17, 15) is 8.42 Å². The summed E-state index contributed by atoms with van der Waals surface area (Å²) >= 11 is 0. The fourth-order valence-electron chi connectivity index (χ4n) is 2.05. The molecule has 1 atom stereocenters. The Morgan fingerprint density at radius 3 is 2.47 bits per heavy atom. The van der Waals surface area contributed by atoms with E-state index in [1.807, 2.05) is 14.0 Å². The molecule has 0 aromatic heterocycles. The highest BCUT2D eigenvalue weighted by molar-refractivity contribution is 7.91. The zero-order valence-corrected chi connectivity index (χ0v) is 10.6. The molecule has 0 bridgehead atoms. The molecule has 15 heavy (non-hydrogen) atoms. The molecule has 1 rings (SSSR count). The largest absolute Gasteiger partial charge is 0.317 e. The molecule has 1 saturated carbocycles. The second-order valence-corrected chi connectivity index (χ2v) is 6.83. The van der Waals surface area contributed by atoms with Crippen LogP contribution in [0, 0.1) is 5.92 Å². The zero-order valence-electron chi connectivity index (χ0n) is 9.83. The fourth-order valence-corrected chi connectivity index (χ4v) is 3.48. The molecule has 0 amide bonds. The van der Waals surface area contributed by atoms with Gasteiger partial charge in [0.2, 0.25) is 0 Å². The van der Waals surface area contributed by atoms with Crippen LogP contribution in [0.4, 0.5) is 0 Å². The van der Waals surface area contributed by atoms with E-state index in [1.165, 1.54) is 12.8 Å². The maximum atomic E-state index is 11.5. The zero-order chi connectivity index (χ0) is 11.3. The third kappa shape index (κ3) is 4.98. The monoisotopic (exact) mass is 233 g/mol. The lowest BCUT2D eigenvalue weighted by molar-refractivity contribution is 0.464. The van der Waals surface area contributed by atoms with Crippen molar-refractivity contribution in [1.82, 2.24) is 5.32 Å². The average Bonchev–Trinajstić information content (AvgIpc) is 2.95. The number of hydrogen-bond acceptors (Lipinski definition) is 3. The Bertz CT molecular complexity index is 270. The molecule has 90 valence electrons. The van der Waals surface area contributed by atoms with Crippen molar-refractivity contribution in [2.45, 2.75) is 45.1 Å². The van der Waals surface area contributed by atoms with Gasteiger partial charge in [-0.2, -0.15) is 0 Å². The standard InChI is InChI=1S/C11H23NO2S/c1-3-8-15(13,14)9-4-5-11(12-2)10-6-7-10/h10-12H,3-9H2,1-2H3. The fraction of sp³-hybridized carbons (Fsp3) is 1.00. The van der Waals surface area contributed by atoms with E-state index < -0.39 is 9.84 Å². The third-order valence-electron chi connectivity index (χ3n) is 3.05. The smallest absolute Gasteiger partial charge is 0.150 e. The average molecular weight is 233 g/mol. The first-order valence-electron chi connectivity index (χ1n) is 5.96. The van der Waals surface area contributed by atoms with Crippen LogP contribution in [-0.4, -0.2) is 33.0 Å². The van der Waals surface area contributed by atoms with E-state index in [1.54, 1.807) is 0 Å². The lowest BCUT2D eigenvalue weighted by atomic mass is 10.1. The molecule has 4 heteroatoms. The molecular formula is C11H23NO2S. The van der Waals surface area contributed by atoms with Crippen molar-refractivity contribution < 1.29 is 8.42 Å². The van der Waals surface area contributed by atoms with Gasteiger partial charge in [0, 0.05) is 11.8 Å². The first-order valence-corrected chi connectivity index (χ1v) is 7.79. The summed E-state index contributed by atoms with van der Waals surface area (Å²) in [5, 5.41) is 3.29. The van der Waals surface area contributed by atoms with E-state index in [4.69, 9.17) is 0 Å². The maximum Gasteiger partial charge on any atom is 0.150 e. The minimum absolute atomic E-state index is 0.348. The van der Waals surface area contributed by atoms with Crippen molar-refractivity contribution in [3.63, 3.8) is 0 Å². The van der Waals surface area contributed by atoms with E-state index >= 15 is 0 Å². The van der Waals surface area contributed by atoms with Crippen LogP contribution in [0.2, 0.25) is 0 Å². The van der Waals surface area contributed by atoms with E-state index in [-0.39, 0.29) is 0 Å². The summed E-state index contributed by atoms with van der Waals surface area (Å²) in [5.74, 6) is 1.52. The Hall–Kier alpha value is -0.0900. The molecule has 0 aromatic rings. The summed E-state index contributed by atoms with van der Waals surface area (Å²) in [5.41, 5.74) is 0. The Labute approximate surface area is 93.6 Å². The van der Waals surface area contributed by atoms with E-state index in [0.717, 1.165) is 25.2 Å². The Balaban J connectivity index is 2.19. The molecule has 0 spiro atoms. The number of rotatable bonds is 8. The normalized spacial score (nSPS) is 19.1. The van der Waals surface area contributed by atoms with Gasteiger partial charge < -0.3 is 5.32 Å². The van der Waals surface area contributed by atoms with Crippen molar-refractivity contribution in [2.24, 2.45) is 5.92 Å². The summed E-state index contributed by atoms with van der Waals surface area (Å²) in [6.45, 7) is 1.91. The van der Waals surface area contributed by atoms with Crippen LogP contribution < -0.4 is 5.32 Å². The quantitative estimate of drug-likeness (QED) is 0.692. The van der Waals surface area contributed by atoms with Crippen LogP contribution in [0.5, 0.6) is 0 Å². The molecule has 3 nitrogen and oxygen atoms in total. The SMILES string of the molecule is CCCS(=O)(=O)CCCC(NC)C1CC1. The molecule has 0 aromatic carbocycles. The Morgan fingerprint density at radius 1 is 1.33 bits per heavy atom. The summed E-state index contributed by atoms with van der Waals surface area (Å²) in [4.78, 5) is 0. The molecule has 1 fully saturated rings. The molecule has 1 unspecified atom stereocenters. The molecule has 0 heterocycles. The predicted octanol–water partition coefficient (Wildman–Crippen LogP) is 1.59. The van der Waals surface area contributed by atoms with Crippen LogP contribution >= 0.6 is 0 Å². The van der Waals surface area contributed by atoms with Crippen LogP contribution in [0.15, 0.2) is 0 Å². The first-order chi connectivity index (χ1) is 7.09. The number of hydrogen-bond donors (Lipinski definition) is 1. The predicted molar refractivity (Wildman–Crippen MR) is 63.8 cm³/mol. The van der Waals surface area contributed by atoms with Crippen LogP contribution in [0.1, 0.15) is 39.0 Å². The van der Waals surface area contributed by atoms with Gasteiger partial charge in [0.25, 0.3) is 0 Å². The van der Waals surface area contributed by atoms with Gasteiger partial charge in [-0.15, -0.1) is 0 Å². The summed E-state index contributed by atoms with van der Waals surface area (Å²) in [6, 6.07) is 0.543. The second-order valence-electron chi connectivity index (χ2n) is 4.53.